The van der Waals surface area contributed by atoms with Gasteiger partial charge in [0.2, 0.25) is 0 Å². The molecule has 1 N–H and O–H groups in total. The summed E-state index contributed by atoms with van der Waals surface area (Å²) in [7, 11) is 1.47. The number of carbonyl (C=O) groups excluding carboxylic acids is 3. The van der Waals surface area contributed by atoms with Gasteiger partial charge in [-0.3, -0.25) is 14.4 Å². The first-order valence-corrected chi connectivity index (χ1v) is 14.2. The van der Waals surface area contributed by atoms with Crippen LogP contribution in [0.5, 0.6) is 0 Å². The van der Waals surface area contributed by atoms with Gasteiger partial charge in [0.15, 0.2) is 11.6 Å². The van der Waals surface area contributed by atoms with E-state index in [-0.39, 0.29) is 63.7 Å². The molecule has 3 fully saturated rings. The molecule has 3 saturated carbocycles. The van der Waals surface area contributed by atoms with Crippen LogP contribution in [0.4, 0.5) is 0 Å². The van der Waals surface area contributed by atoms with Gasteiger partial charge >= 0.3 is 5.97 Å². The molecule has 6 nitrogen and oxygen atoms in total. The molecule has 0 spiro atoms. The number of aliphatic hydroxyl groups excluding tert-OH is 1. The van der Waals surface area contributed by atoms with Gasteiger partial charge in [-0.05, 0) is 86.0 Å². The van der Waals surface area contributed by atoms with Crippen LogP contribution in [0.15, 0.2) is 23.3 Å². The van der Waals surface area contributed by atoms with Crippen molar-refractivity contribution in [2.45, 2.75) is 86.5 Å². The normalized spacial score (nSPS) is 47.3. The molecule has 0 saturated heterocycles. The number of allylic oxidation sites excluding steroid dienone is 4. The zero-order valence-electron chi connectivity index (χ0n) is 24.1. The van der Waals surface area contributed by atoms with E-state index in [0.29, 0.717) is 6.42 Å². The molecule has 0 heterocycles. The quantitative estimate of drug-likeness (QED) is 0.491. The van der Waals surface area contributed by atoms with Crippen LogP contribution in [-0.4, -0.2) is 36.4 Å². The highest BCUT2D eigenvalue weighted by Crippen LogP contribution is 2.74. The summed E-state index contributed by atoms with van der Waals surface area (Å²) in [6, 6.07) is 2.09. The Hall–Kier alpha value is -2.26. The number of rotatable bonds is 2. The molecule has 38 heavy (non-hydrogen) atoms. The summed E-state index contributed by atoms with van der Waals surface area (Å²) in [5, 5.41) is 20.3. The first kappa shape index (κ1) is 27.3. The summed E-state index contributed by atoms with van der Waals surface area (Å²) in [6.07, 6.45) is 9.07. The Bertz CT molecular complexity index is 1220. The predicted molar refractivity (Wildman–Crippen MR) is 142 cm³/mol. The first-order chi connectivity index (χ1) is 17.6. The molecule has 6 heteroatoms. The molecule has 5 aliphatic rings. The SMILES string of the molecule is COC(=O)[C@]12CCC(C)(C)CC1C1C(=O)C=C3[C@@]4(C)C=C(C#N)C(=O)[C@](C)(CO)[C@@H]4CC[C@@]3(C)[C@]1(C)CC2. The van der Waals surface area contributed by atoms with Gasteiger partial charge in [0.25, 0.3) is 0 Å². The van der Waals surface area contributed by atoms with Gasteiger partial charge in [0, 0.05) is 11.3 Å². The van der Waals surface area contributed by atoms with E-state index in [0.717, 1.165) is 44.1 Å². The maximum atomic E-state index is 14.4. The van der Waals surface area contributed by atoms with Crippen molar-refractivity contribution >= 4 is 17.5 Å². The molecule has 0 bridgehead atoms. The molecule has 2 unspecified atom stereocenters. The average Bonchev–Trinajstić information content (AvgIpc) is 2.86. The number of Topliss-reactive ketones (excluding diaryl/α,β-unsaturated/α-hetero) is 1. The molecule has 0 aromatic rings. The topological polar surface area (TPSA) is 104 Å². The fourth-order valence-corrected chi connectivity index (χ4v) is 10.2. The summed E-state index contributed by atoms with van der Waals surface area (Å²) in [4.78, 5) is 41.0. The lowest BCUT2D eigenvalue weighted by molar-refractivity contribution is -0.191. The van der Waals surface area contributed by atoms with E-state index in [1.165, 1.54) is 7.11 Å². The Morgan fingerprint density at radius 2 is 1.74 bits per heavy atom. The number of esters is 1. The highest BCUT2D eigenvalue weighted by Gasteiger charge is 2.71. The minimum absolute atomic E-state index is 0.0341. The second-order valence-electron chi connectivity index (χ2n) is 14.8. The van der Waals surface area contributed by atoms with Crippen molar-refractivity contribution in [3.8, 4) is 6.07 Å². The van der Waals surface area contributed by atoms with Crippen LogP contribution in [-0.2, 0) is 19.1 Å². The number of hydrogen-bond acceptors (Lipinski definition) is 6. The van der Waals surface area contributed by atoms with Crippen LogP contribution >= 0.6 is 0 Å². The molecular weight excluding hydrogens is 478 g/mol. The highest BCUT2D eigenvalue weighted by atomic mass is 16.5. The summed E-state index contributed by atoms with van der Waals surface area (Å²) >= 11 is 0. The van der Waals surface area contributed by atoms with Crippen LogP contribution in [0.2, 0.25) is 0 Å². The Morgan fingerprint density at radius 3 is 2.34 bits per heavy atom. The van der Waals surface area contributed by atoms with Crippen LogP contribution in [0.25, 0.3) is 0 Å². The molecule has 0 aromatic heterocycles. The maximum Gasteiger partial charge on any atom is 0.312 e. The second-order valence-corrected chi connectivity index (χ2v) is 14.8. The lowest BCUT2D eigenvalue weighted by Crippen LogP contribution is -2.66. The van der Waals surface area contributed by atoms with Crippen molar-refractivity contribution in [2.75, 3.05) is 13.7 Å². The van der Waals surface area contributed by atoms with Gasteiger partial charge in [-0.1, -0.05) is 46.3 Å². The van der Waals surface area contributed by atoms with Crippen molar-refractivity contribution in [1.29, 1.82) is 5.26 Å². The predicted octanol–water partition coefficient (Wildman–Crippen LogP) is 5.35. The molecule has 206 valence electrons. The van der Waals surface area contributed by atoms with E-state index in [9.17, 15) is 24.8 Å². The number of nitrogens with zero attached hydrogens (tertiary/aromatic N) is 1. The van der Waals surface area contributed by atoms with Gasteiger partial charge in [-0.15, -0.1) is 0 Å². The largest absolute Gasteiger partial charge is 0.469 e. The van der Waals surface area contributed by atoms with Crippen molar-refractivity contribution in [1.82, 2.24) is 0 Å². The van der Waals surface area contributed by atoms with E-state index < -0.39 is 16.2 Å². The summed E-state index contributed by atoms with van der Waals surface area (Å²) in [5.41, 5.74) is -2.03. The standard InChI is InChI=1S/C32H43NO5/c1-27(2)10-12-32(26(37)38-7)13-11-31(6)24(20(32)16-27)21(35)14-23-28(3)15-19(17-33)25(36)29(4,18-34)22(28)8-9-30(23,31)5/h14-15,20,22,24,34H,8-13,16,18H2,1-7H3/t20?,22-,24?,28+,29-,30-,31-,32+/m1/s1. The third-order valence-electron chi connectivity index (χ3n) is 12.6. The third-order valence-corrected chi connectivity index (χ3v) is 12.6. The van der Waals surface area contributed by atoms with Crippen LogP contribution in [0.1, 0.15) is 86.5 Å². The van der Waals surface area contributed by atoms with E-state index >= 15 is 0 Å². The Kier molecular flexibility index (Phi) is 5.84. The molecule has 0 amide bonds. The monoisotopic (exact) mass is 521 g/mol. The fraction of sp³-hybridized carbons (Fsp3) is 0.750. The fourth-order valence-electron chi connectivity index (χ4n) is 10.2. The van der Waals surface area contributed by atoms with Gasteiger partial charge in [0.05, 0.1) is 30.1 Å². The van der Waals surface area contributed by atoms with Crippen molar-refractivity contribution < 1.29 is 24.2 Å². The average molecular weight is 522 g/mol. The second kappa shape index (κ2) is 8.13. The number of ketones is 2. The van der Waals surface area contributed by atoms with E-state index in [1.807, 2.05) is 6.08 Å². The van der Waals surface area contributed by atoms with Gasteiger partial charge in [-0.2, -0.15) is 5.26 Å². The van der Waals surface area contributed by atoms with Crippen molar-refractivity contribution in [3.63, 3.8) is 0 Å². The molecule has 8 atom stereocenters. The number of aliphatic hydroxyl groups is 1. The summed E-state index contributed by atoms with van der Waals surface area (Å²) < 4.78 is 5.39. The zero-order valence-corrected chi connectivity index (χ0v) is 24.1. The minimum Gasteiger partial charge on any atom is -0.469 e. The van der Waals surface area contributed by atoms with Crippen LogP contribution in [0.3, 0.4) is 0 Å². The first-order valence-electron chi connectivity index (χ1n) is 14.2. The van der Waals surface area contributed by atoms with Crippen molar-refractivity contribution in [2.24, 2.45) is 50.2 Å². The maximum absolute atomic E-state index is 14.4. The molecule has 0 aromatic carbocycles. The van der Waals surface area contributed by atoms with E-state index in [4.69, 9.17) is 4.74 Å². The number of methoxy groups -OCH3 is 1. The number of hydrogen-bond donors (Lipinski definition) is 1. The minimum atomic E-state index is -1.07. The van der Waals surface area contributed by atoms with Gasteiger partial charge in [0.1, 0.15) is 6.07 Å². The van der Waals surface area contributed by atoms with Crippen molar-refractivity contribution in [3.05, 3.63) is 23.3 Å². The van der Waals surface area contributed by atoms with E-state index in [2.05, 4.69) is 40.7 Å². The summed E-state index contributed by atoms with van der Waals surface area (Å²) in [6.45, 7) is 12.5. The van der Waals surface area contributed by atoms with Gasteiger partial charge < -0.3 is 9.84 Å². The molecule has 5 aliphatic carbocycles. The zero-order chi connectivity index (χ0) is 28.1. The molecule has 0 aliphatic heterocycles. The Labute approximate surface area is 226 Å². The number of carbonyl (C=O) groups is 3. The molecule has 5 rings (SSSR count). The Morgan fingerprint density at radius 1 is 1.08 bits per heavy atom. The van der Waals surface area contributed by atoms with Gasteiger partial charge in [-0.25, -0.2) is 0 Å². The number of fused-ring (bicyclic) bond motifs is 7. The summed E-state index contributed by atoms with van der Waals surface area (Å²) in [5.74, 6) is -1.00. The van der Waals surface area contributed by atoms with Crippen LogP contribution < -0.4 is 0 Å². The smallest absolute Gasteiger partial charge is 0.312 e. The third kappa shape index (κ3) is 3.12. The molecular formula is C32H43NO5. The highest BCUT2D eigenvalue weighted by molar-refractivity contribution is 6.05. The number of nitriles is 1. The van der Waals surface area contributed by atoms with Crippen LogP contribution in [0, 0.1) is 61.6 Å². The lowest BCUT2D eigenvalue weighted by Gasteiger charge is -2.68. The lowest BCUT2D eigenvalue weighted by atomic mass is 9.34. The number of ether oxygens (including phenoxy) is 1. The Balaban J connectivity index is 1.71. The molecule has 0 radical (unpaired) electrons. The van der Waals surface area contributed by atoms with E-state index in [1.54, 1.807) is 13.0 Å².